The van der Waals surface area contributed by atoms with Gasteiger partial charge < -0.3 is 15.3 Å². The molecule has 0 saturated carbocycles. The van der Waals surface area contributed by atoms with Crippen molar-refractivity contribution in [2.75, 3.05) is 6.61 Å². The molecule has 0 aromatic rings. The van der Waals surface area contributed by atoms with Gasteiger partial charge in [0.25, 0.3) is 0 Å². The fourth-order valence-electron chi connectivity index (χ4n) is 6.74. The molecule has 2 aliphatic rings. The fraction of sp³-hybridized carbons (Fsp3) is 0.575. The first-order valence-electron chi connectivity index (χ1n) is 16.5. The van der Waals surface area contributed by atoms with E-state index in [1.54, 1.807) is 6.08 Å². The van der Waals surface area contributed by atoms with E-state index in [2.05, 4.69) is 104 Å². The lowest BCUT2D eigenvalue weighted by molar-refractivity contribution is -0.115. The van der Waals surface area contributed by atoms with Gasteiger partial charge in [-0.05, 0) is 68.1 Å². The van der Waals surface area contributed by atoms with Gasteiger partial charge in [-0.1, -0.05) is 138 Å². The summed E-state index contributed by atoms with van der Waals surface area (Å²) in [5, 5.41) is 30.0. The molecule has 244 valence electrons. The van der Waals surface area contributed by atoms with Gasteiger partial charge in [0, 0.05) is 17.9 Å². The Bertz CT molecular complexity index is 1200. The first kappa shape index (κ1) is 37.7. The lowest BCUT2D eigenvalue weighted by atomic mass is 9.67. The number of rotatable bonds is 14. The smallest absolute Gasteiger partial charge is 0.165 e. The summed E-state index contributed by atoms with van der Waals surface area (Å²) < 4.78 is 0. The summed E-state index contributed by atoms with van der Waals surface area (Å²) >= 11 is 0. The Kier molecular flexibility index (Phi) is 14.8. The molecule has 4 heteroatoms. The van der Waals surface area contributed by atoms with E-state index in [1.165, 1.54) is 5.57 Å². The van der Waals surface area contributed by atoms with Gasteiger partial charge in [0.05, 0.1) is 18.8 Å². The molecule has 3 unspecified atom stereocenters. The van der Waals surface area contributed by atoms with E-state index in [1.807, 2.05) is 25.2 Å². The van der Waals surface area contributed by atoms with Gasteiger partial charge in [-0.25, -0.2) is 0 Å². The molecule has 2 rings (SSSR count). The number of Topliss-reactive ketones (excluding diaryl/α,β-unsaturated/α-hetero) is 1. The second-order valence-corrected chi connectivity index (χ2v) is 14.7. The second-order valence-electron chi connectivity index (χ2n) is 14.7. The highest BCUT2D eigenvalue weighted by Crippen LogP contribution is 2.43. The predicted octanol–water partition coefficient (Wildman–Crippen LogP) is 8.79. The monoisotopic (exact) mass is 604 g/mol. The summed E-state index contributed by atoms with van der Waals surface area (Å²) in [7, 11) is 0. The van der Waals surface area contributed by atoms with Gasteiger partial charge in [0.2, 0.25) is 0 Å². The van der Waals surface area contributed by atoms with Gasteiger partial charge in [-0.2, -0.15) is 0 Å². The lowest BCUT2D eigenvalue weighted by Crippen LogP contribution is -2.32. The number of allylic oxidation sites excluding steroid dienone is 13. The summed E-state index contributed by atoms with van der Waals surface area (Å²) in [5.74, 6) is 1.29. The topological polar surface area (TPSA) is 77.8 Å². The highest BCUT2D eigenvalue weighted by atomic mass is 16.3. The molecule has 6 atom stereocenters. The number of carbonyl (C=O) groups excluding carboxylic acids is 1. The third-order valence-corrected chi connectivity index (χ3v) is 9.24. The molecule has 0 spiro atoms. The Hall–Kier alpha value is -2.53. The third-order valence-electron chi connectivity index (χ3n) is 9.24. The van der Waals surface area contributed by atoms with Crippen LogP contribution in [0.15, 0.2) is 95.2 Å². The van der Waals surface area contributed by atoms with Crippen LogP contribution in [0.4, 0.5) is 0 Å². The van der Waals surface area contributed by atoms with Crippen molar-refractivity contribution >= 4 is 5.78 Å². The van der Waals surface area contributed by atoms with Gasteiger partial charge in [0.1, 0.15) is 0 Å². The van der Waals surface area contributed by atoms with Crippen LogP contribution < -0.4 is 0 Å². The minimum Gasteiger partial charge on any atom is -0.393 e. The number of carbonyl (C=O) groups is 1. The summed E-state index contributed by atoms with van der Waals surface area (Å²) in [6.07, 6.45) is 27.9. The standard InChI is InChI=1S/C40H60O4/c1-28(16-12-17-30(3)20-21-36-31(4)22-34(42)25-39(36,6)7)14-10-11-15-29(2)18-13-19-33(27-41)38(44)24-37-32(5)23-35(43)26-40(37,8)9/h10-16,18-22,28-30,34-36,41-43H,17,23-27H2,1-9H3/b14-10+,15-11+,16-12+,18-13+,21-20+,33-19+/t28?,29?,30?,34-,35+,36-/m0/s1. The summed E-state index contributed by atoms with van der Waals surface area (Å²) in [4.78, 5) is 13.0. The lowest BCUT2D eigenvalue weighted by Gasteiger charge is -2.38. The number of ketones is 1. The summed E-state index contributed by atoms with van der Waals surface area (Å²) in [6, 6.07) is 0. The van der Waals surface area contributed by atoms with Crippen molar-refractivity contribution < 1.29 is 20.1 Å². The third kappa shape index (κ3) is 12.1. The Morgan fingerprint density at radius 2 is 1.55 bits per heavy atom. The van der Waals surface area contributed by atoms with Crippen LogP contribution in [0.3, 0.4) is 0 Å². The van der Waals surface area contributed by atoms with Crippen LogP contribution in [-0.2, 0) is 4.79 Å². The van der Waals surface area contributed by atoms with Crippen molar-refractivity contribution in [2.45, 2.75) is 107 Å². The minimum atomic E-state index is -0.357. The Morgan fingerprint density at radius 1 is 0.932 bits per heavy atom. The molecule has 0 fully saturated rings. The quantitative estimate of drug-likeness (QED) is 0.105. The van der Waals surface area contributed by atoms with Crippen LogP contribution in [0.5, 0.6) is 0 Å². The molecular formula is C40H60O4. The Labute approximate surface area is 268 Å². The molecule has 0 aromatic carbocycles. The van der Waals surface area contributed by atoms with E-state index in [-0.39, 0.29) is 47.8 Å². The Morgan fingerprint density at radius 3 is 2.14 bits per heavy atom. The van der Waals surface area contributed by atoms with Gasteiger partial charge in [-0.15, -0.1) is 0 Å². The molecule has 0 amide bonds. The van der Waals surface area contributed by atoms with Crippen molar-refractivity contribution in [3.05, 3.63) is 95.2 Å². The zero-order chi connectivity index (χ0) is 33.1. The van der Waals surface area contributed by atoms with Gasteiger partial charge in [0.15, 0.2) is 5.78 Å². The van der Waals surface area contributed by atoms with E-state index in [0.717, 1.165) is 24.0 Å². The van der Waals surface area contributed by atoms with E-state index in [0.29, 0.717) is 36.2 Å². The van der Waals surface area contributed by atoms with Crippen molar-refractivity contribution in [1.82, 2.24) is 0 Å². The summed E-state index contributed by atoms with van der Waals surface area (Å²) in [6.45, 7) is 19.0. The molecule has 3 N–H and O–H groups in total. The van der Waals surface area contributed by atoms with Crippen LogP contribution >= 0.6 is 0 Å². The molecule has 0 aromatic heterocycles. The van der Waals surface area contributed by atoms with E-state index in [9.17, 15) is 20.1 Å². The van der Waals surface area contributed by atoms with Crippen LogP contribution in [0.25, 0.3) is 0 Å². The van der Waals surface area contributed by atoms with E-state index >= 15 is 0 Å². The first-order chi connectivity index (χ1) is 20.6. The molecule has 0 bridgehead atoms. The molecular weight excluding hydrogens is 544 g/mol. The zero-order valence-electron chi connectivity index (χ0n) is 28.9. The first-order valence-corrected chi connectivity index (χ1v) is 16.5. The second kappa shape index (κ2) is 17.2. The normalized spacial score (nSPS) is 26.8. The average Bonchev–Trinajstić information content (AvgIpc) is 2.89. The predicted molar refractivity (Wildman–Crippen MR) is 186 cm³/mol. The fourth-order valence-corrected chi connectivity index (χ4v) is 6.74. The molecule has 0 heterocycles. The number of hydrogen-bond donors (Lipinski definition) is 3. The maximum Gasteiger partial charge on any atom is 0.165 e. The molecule has 0 saturated heterocycles. The number of aliphatic hydroxyl groups excluding tert-OH is 3. The number of hydrogen-bond acceptors (Lipinski definition) is 4. The maximum atomic E-state index is 13.0. The molecule has 0 aliphatic heterocycles. The van der Waals surface area contributed by atoms with Crippen LogP contribution in [0, 0.1) is 34.5 Å². The highest BCUT2D eigenvalue weighted by molar-refractivity contribution is 5.97. The van der Waals surface area contributed by atoms with Crippen molar-refractivity contribution in [3.63, 3.8) is 0 Å². The van der Waals surface area contributed by atoms with Crippen molar-refractivity contribution in [2.24, 2.45) is 34.5 Å². The van der Waals surface area contributed by atoms with E-state index < -0.39 is 0 Å². The SMILES string of the molecule is CC1=C[C@H](O)CC(C)(C)[C@H]1/C=C/C(C)C/C=C/C(C)/C=C/C=C/C(C)/C=C/C=C(\CO)C(=O)CC1=C(C)C[C@@H](O)CC1(C)C. The minimum absolute atomic E-state index is 0.0595. The molecule has 0 radical (unpaired) electrons. The molecule has 44 heavy (non-hydrogen) atoms. The van der Waals surface area contributed by atoms with Crippen LogP contribution in [-0.4, -0.2) is 39.9 Å². The van der Waals surface area contributed by atoms with Crippen molar-refractivity contribution in [1.29, 1.82) is 0 Å². The largest absolute Gasteiger partial charge is 0.393 e. The van der Waals surface area contributed by atoms with Gasteiger partial charge in [-0.3, -0.25) is 4.79 Å². The molecule has 4 nitrogen and oxygen atoms in total. The maximum absolute atomic E-state index is 13.0. The van der Waals surface area contributed by atoms with Crippen LogP contribution in [0.1, 0.15) is 94.4 Å². The highest BCUT2D eigenvalue weighted by Gasteiger charge is 2.35. The van der Waals surface area contributed by atoms with Crippen LogP contribution in [0.2, 0.25) is 0 Å². The van der Waals surface area contributed by atoms with E-state index in [4.69, 9.17) is 0 Å². The zero-order valence-corrected chi connectivity index (χ0v) is 28.9. The van der Waals surface area contributed by atoms with Crippen molar-refractivity contribution in [3.8, 4) is 0 Å². The average molecular weight is 605 g/mol. The number of aliphatic hydroxyl groups is 3. The molecule has 2 aliphatic carbocycles. The summed E-state index contributed by atoms with van der Waals surface area (Å²) in [5.41, 5.74) is 3.69. The van der Waals surface area contributed by atoms with Gasteiger partial charge >= 0.3 is 0 Å². The Balaban J connectivity index is 1.83.